The zero-order valence-electron chi connectivity index (χ0n) is 16.6. The molecule has 28 heavy (non-hydrogen) atoms. The lowest BCUT2D eigenvalue weighted by Gasteiger charge is -2.40. The fraction of sp³-hybridized carbons (Fsp3) is 0.571. The summed E-state index contributed by atoms with van der Waals surface area (Å²) >= 11 is 0. The maximum atomic E-state index is 13.2. The van der Waals surface area contributed by atoms with Crippen LogP contribution in [0.2, 0.25) is 0 Å². The molecule has 7 nitrogen and oxygen atoms in total. The van der Waals surface area contributed by atoms with E-state index in [2.05, 4.69) is 44.2 Å². The summed E-state index contributed by atoms with van der Waals surface area (Å²) in [5.74, 6) is 1.61. The Labute approximate surface area is 166 Å². The molecule has 2 saturated heterocycles. The molecule has 7 heteroatoms. The molecule has 1 aromatic heterocycles. The Hall–Kier alpha value is -2.25. The van der Waals surface area contributed by atoms with Crippen molar-refractivity contribution in [3.63, 3.8) is 0 Å². The molecule has 1 aromatic carbocycles. The monoisotopic (exact) mass is 383 g/mol. The maximum absolute atomic E-state index is 13.2. The minimum atomic E-state index is 0.0142. The van der Waals surface area contributed by atoms with E-state index in [4.69, 9.17) is 4.52 Å². The Kier molecular flexibility index (Phi) is 6.02. The molecular formula is C21H29N5O2. The summed E-state index contributed by atoms with van der Waals surface area (Å²) in [5, 5.41) is 3.97. The van der Waals surface area contributed by atoms with E-state index in [0.29, 0.717) is 18.3 Å². The second-order valence-electron chi connectivity index (χ2n) is 7.80. The topological polar surface area (TPSA) is 65.7 Å². The highest BCUT2D eigenvalue weighted by molar-refractivity contribution is 5.82. The van der Waals surface area contributed by atoms with Crippen LogP contribution in [0, 0.1) is 6.92 Å². The van der Waals surface area contributed by atoms with E-state index in [0.717, 1.165) is 57.9 Å². The molecule has 150 valence electrons. The summed E-state index contributed by atoms with van der Waals surface area (Å²) < 4.78 is 5.05. The SMILES string of the molecule is Cc1nc(CN2CCN(C(=O)C3CCCCN3Cc3ccccc3)CC2)no1. The predicted octanol–water partition coefficient (Wildman–Crippen LogP) is 2.08. The van der Waals surface area contributed by atoms with E-state index in [1.165, 1.54) is 12.0 Å². The van der Waals surface area contributed by atoms with Crippen molar-refractivity contribution in [1.29, 1.82) is 0 Å². The molecular weight excluding hydrogens is 354 g/mol. The van der Waals surface area contributed by atoms with Crippen LogP contribution in [0.3, 0.4) is 0 Å². The Morgan fingerprint density at radius 3 is 2.57 bits per heavy atom. The van der Waals surface area contributed by atoms with Gasteiger partial charge in [0.1, 0.15) is 0 Å². The molecule has 0 radical (unpaired) electrons. The second-order valence-corrected chi connectivity index (χ2v) is 7.80. The number of aryl methyl sites for hydroxylation is 1. The molecule has 0 N–H and O–H groups in total. The van der Waals surface area contributed by atoms with E-state index < -0.39 is 0 Å². The highest BCUT2D eigenvalue weighted by Crippen LogP contribution is 2.22. The number of piperidine rings is 1. The number of nitrogens with zero attached hydrogens (tertiary/aromatic N) is 5. The van der Waals surface area contributed by atoms with E-state index in [1.807, 2.05) is 11.0 Å². The third-order valence-corrected chi connectivity index (χ3v) is 5.75. The van der Waals surface area contributed by atoms with Crippen molar-refractivity contribution in [3.05, 3.63) is 47.6 Å². The van der Waals surface area contributed by atoms with Gasteiger partial charge >= 0.3 is 0 Å². The van der Waals surface area contributed by atoms with Crippen LogP contribution in [0.25, 0.3) is 0 Å². The third-order valence-electron chi connectivity index (χ3n) is 5.75. The van der Waals surface area contributed by atoms with Crippen molar-refractivity contribution in [2.24, 2.45) is 0 Å². The first-order valence-electron chi connectivity index (χ1n) is 10.3. The lowest BCUT2D eigenvalue weighted by molar-refractivity contribution is -0.140. The van der Waals surface area contributed by atoms with Gasteiger partial charge < -0.3 is 9.42 Å². The van der Waals surface area contributed by atoms with Crippen LogP contribution >= 0.6 is 0 Å². The number of piperazine rings is 1. The maximum Gasteiger partial charge on any atom is 0.240 e. The van der Waals surface area contributed by atoms with Crippen molar-refractivity contribution in [2.45, 2.75) is 45.3 Å². The van der Waals surface area contributed by atoms with Crippen LogP contribution in [0.1, 0.15) is 36.5 Å². The fourth-order valence-corrected chi connectivity index (χ4v) is 4.22. The minimum Gasteiger partial charge on any atom is -0.340 e. The summed E-state index contributed by atoms with van der Waals surface area (Å²) in [4.78, 5) is 24.2. The minimum absolute atomic E-state index is 0.0142. The van der Waals surface area contributed by atoms with E-state index in [1.54, 1.807) is 6.92 Å². The van der Waals surface area contributed by atoms with Crippen molar-refractivity contribution in [2.75, 3.05) is 32.7 Å². The molecule has 2 aliphatic heterocycles. The van der Waals surface area contributed by atoms with Gasteiger partial charge in [0, 0.05) is 39.6 Å². The van der Waals surface area contributed by atoms with E-state index in [-0.39, 0.29) is 6.04 Å². The normalized spacial score (nSPS) is 21.8. The first-order valence-corrected chi connectivity index (χ1v) is 10.3. The van der Waals surface area contributed by atoms with Gasteiger partial charge in [-0.25, -0.2) is 0 Å². The number of likely N-dealkylation sites (tertiary alicyclic amines) is 1. The van der Waals surface area contributed by atoms with Crippen molar-refractivity contribution in [3.8, 4) is 0 Å². The van der Waals surface area contributed by atoms with Crippen LogP contribution in [-0.2, 0) is 17.9 Å². The summed E-state index contributed by atoms with van der Waals surface area (Å²) in [5.41, 5.74) is 1.28. The van der Waals surface area contributed by atoms with Crippen molar-refractivity contribution in [1.82, 2.24) is 24.8 Å². The molecule has 4 rings (SSSR count). The molecule has 1 unspecified atom stereocenters. The number of rotatable bonds is 5. The van der Waals surface area contributed by atoms with Crippen LogP contribution in [0.5, 0.6) is 0 Å². The first kappa shape index (κ1) is 19.1. The Balaban J connectivity index is 1.32. The Morgan fingerprint density at radius 1 is 1.07 bits per heavy atom. The lowest BCUT2D eigenvalue weighted by Crippen LogP contribution is -2.55. The number of carbonyl (C=O) groups is 1. The van der Waals surface area contributed by atoms with Gasteiger partial charge in [-0.05, 0) is 24.9 Å². The van der Waals surface area contributed by atoms with Crippen LogP contribution in [-0.4, -0.2) is 69.5 Å². The lowest BCUT2D eigenvalue weighted by atomic mass is 9.99. The number of carbonyl (C=O) groups excluding carboxylic acids is 1. The van der Waals surface area contributed by atoms with E-state index in [9.17, 15) is 4.79 Å². The molecule has 2 aromatic rings. The molecule has 0 spiro atoms. The summed E-state index contributed by atoms with van der Waals surface area (Å²) in [7, 11) is 0. The Morgan fingerprint density at radius 2 is 1.86 bits per heavy atom. The van der Waals surface area contributed by atoms with Gasteiger partial charge in [-0.2, -0.15) is 4.98 Å². The predicted molar refractivity (Wildman–Crippen MR) is 105 cm³/mol. The van der Waals surface area contributed by atoms with Gasteiger partial charge in [0.15, 0.2) is 5.82 Å². The summed E-state index contributed by atoms with van der Waals surface area (Å²) in [6, 6.07) is 10.5. The third kappa shape index (κ3) is 4.59. The van der Waals surface area contributed by atoms with Gasteiger partial charge in [0.05, 0.1) is 12.6 Å². The smallest absolute Gasteiger partial charge is 0.240 e. The molecule has 2 aliphatic rings. The molecule has 1 atom stereocenters. The molecule has 0 saturated carbocycles. The number of benzene rings is 1. The summed E-state index contributed by atoms with van der Waals surface area (Å²) in [6.45, 7) is 7.59. The molecule has 3 heterocycles. The van der Waals surface area contributed by atoms with Gasteiger partial charge in [-0.3, -0.25) is 14.6 Å². The highest BCUT2D eigenvalue weighted by Gasteiger charge is 2.33. The number of amides is 1. The van der Waals surface area contributed by atoms with Crippen molar-refractivity contribution < 1.29 is 9.32 Å². The highest BCUT2D eigenvalue weighted by atomic mass is 16.5. The average Bonchev–Trinajstić information content (AvgIpc) is 3.14. The largest absolute Gasteiger partial charge is 0.340 e. The first-order chi connectivity index (χ1) is 13.7. The number of hydrogen-bond acceptors (Lipinski definition) is 6. The zero-order valence-corrected chi connectivity index (χ0v) is 16.6. The van der Waals surface area contributed by atoms with Gasteiger partial charge in [0.2, 0.25) is 11.8 Å². The van der Waals surface area contributed by atoms with Crippen LogP contribution in [0.15, 0.2) is 34.9 Å². The molecule has 1 amide bonds. The zero-order chi connectivity index (χ0) is 19.3. The van der Waals surface area contributed by atoms with Gasteiger partial charge in [0.25, 0.3) is 0 Å². The van der Waals surface area contributed by atoms with Gasteiger partial charge in [-0.15, -0.1) is 0 Å². The fourth-order valence-electron chi connectivity index (χ4n) is 4.22. The Bertz CT molecular complexity index is 770. The van der Waals surface area contributed by atoms with Gasteiger partial charge in [-0.1, -0.05) is 41.9 Å². The summed E-state index contributed by atoms with van der Waals surface area (Å²) in [6.07, 6.45) is 3.28. The molecule has 2 fully saturated rings. The average molecular weight is 383 g/mol. The number of hydrogen-bond donors (Lipinski definition) is 0. The quantitative estimate of drug-likeness (QED) is 0.788. The number of aromatic nitrogens is 2. The second kappa shape index (κ2) is 8.84. The van der Waals surface area contributed by atoms with Crippen molar-refractivity contribution >= 4 is 5.91 Å². The van der Waals surface area contributed by atoms with Crippen LogP contribution < -0.4 is 0 Å². The standard InChI is InChI=1S/C21H29N5O2/c1-17-22-20(23-28-17)16-24-11-13-25(14-12-24)21(27)19-9-5-6-10-26(19)15-18-7-3-2-4-8-18/h2-4,7-8,19H,5-6,9-16H2,1H3. The van der Waals surface area contributed by atoms with Crippen LogP contribution in [0.4, 0.5) is 0 Å². The molecule has 0 aliphatic carbocycles. The molecule has 0 bridgehead atoms. The van der Waals surface area contributed by atoms with E-state index >= 15 is 0 Å².